The number of aliphatic carboxylic acids is 1. The van der Waals surface area contributed by atoms with Gasteiger partial charge in [0.25, 0.3) is 0 Å². The first-order valence-electron chi connectivity index (χ1n) is 16.4. The van der Waals surface area contributed by atoms with Crippen LogP contribution in [0.3, 0.4) is 0 Å². The summed E-state index contributed by atoms with van der Waals surface area (Å²) in [7, 11) is 0. The van der Waals surface area contributed by atoms with Gasteiger partial charge >= 0.3 is 12.0 Å². The third-order valence-corrected chi connectivity index (χ3v) is 8.73. The number of hydrogen-bond donors (Lipinski definition) is 9. The Balaban J connectivity index is 1.43. The molecule has 1 unspecified atom stereocenters. The predicted molar refractivity (Wildman–Crippen MR) is 187 cm³/mol. The van der Waals surface area contributed by atoms with Crippen LogP contribution in [0.5, 0.6) is 0 Å². The number of aliphatic imine (C=N–C) groups is 1. The second kappa shape index (κ2) is 16.5. The molecule has 18 heteroatoms. The molecule has 1 aliphatic rings. The number of nitrogens with zero attached hydrogens (tertiary/aromatic N) is 3. The fourth-order valence-electron chi connectivity index (χ4n) is 6.23. The number of fused-ring (bicyclic) bond motifs is 3. The van der Waals surface area contributed by atoms with Crippen LogP contribution in [-0.4, -0.2) is 91.4 Å². The van der Waals surface area contributed by atoms with Gasteiger partial charge in [0, 0.05) is 54.3 Å². The van der Waals surface area contributed by atoms with Crippen LogP contribution in [0, 0.1) is 5.82 Å². The van der Waals surface area contributed by atoms with Gasteiger partial charge in [-0.25, -0.2) is 19.0 Å². The fourth-order valence-corrected chi connectivity index (χ4v) is 6.23. The molecule has 0 fully saturated rings. The Morgan fingerprint density at radius 2 is 1.65 bits per heavy atom. The molecule has 0 saturated carbocycles. The van der Waals surface area contributed by atoms with Crippen molar-refractivity contribution in [3.8, 4) is 0 Å². The zero-order valence-electron chi connectivity index (χ0n) is 28.0. The summed E-state index contributed by atoms with van der Waals surface area (Å²) >= 11 is 0. The number of urea groups is 1. The number of carbonyl (C=O) groups is 5. The minimum absolute atomic E-state index is 0.00659. The summed E-state index contributed by atoms with van der Waals surface area (Å²) < 4.78 is 13.8. The van der Waals surface area contributed by atoms with E-state index in [1.165, 1.54) is 41.7 Å². The average Bonchev–Trinajstić information content (AvgIpc) is 3.76. The lowest BCUT2D eigenvalue weighted by molar-refractivity contribution is -0.153. The van der Waals surface area contributed by atoms with Crippen LogP contribution in [0.2, 0.25) is 0 Å². The number of aromatic amines is 2. The number of rotatable bonds is 15. The number of para-hydroxylation sites is 1. The van der Waals surface area contributed by atoms with E-state index in [4.69, 9.17) is 17.2 Å². The summed E-state index contributed by atoms with van der Waals surface area (Å²) in [6, 6.07) is 6.61. The van der Waals surface area contributed by atoms with Crippen molar-refractivity contribution in [2.24, 2.45) is 22.2 Å². The van der Waals surface area contributed by atoms with E-state index >= 15 is 0 Å². The number of primary amides is 1. The molecule has 5 amide bonds. The normalized spacial score (nSPS) is 15.5. The van der Waals surface area contributed by atoms with Crippen molar-refractivity contribution in [1.29, 1.82) is 0 Å². The first-order valence-corrected chi connectivity index (χ1v) is 16.4. The number of carbonyl (C=O) groups excluding carboxylic acids is 4. The number of guanidine groups is 1. The molecule has 2 aromatic carbocycles. The van der Waals surface area contributed by atoms with Crippen LogP contribution in [-0.2, 0) is 45.0 Å². The number of imidazole rings is 1. The van der Waals surface area contributed by atoms with E-state index in [1.54, 1.807) is 0 Å². The van der Waals surface area contributed by atoms with Crippen molar-refractivity contribution in [2.45, 2.75) is 62.8 Å². The molecule has 5 rings (SSSR count). The number of H-pyrrole nitrogens is 2. The molecular formula is C34H40FN11O6. The Bertz CT molecular complexity index is 1940. The highest BCUT2D eigenvalue weighted by molar-refractivity contribution is 5.96. The van der Waals surface area contributed by atoms with Gasteiger partial charge in [0.1, 0.15) is 30.0 Å². The zero-order chi connectivity index (χ0) is 37.4. The van der Waals surface area contributed by atoms with Gasteiger partial charge in [-0.05, 0) is 42.2 Å². The van der Waals surface area contributed by atoms with Crippen molar-refractivity contribution in [3.63, 3.8) is 0 Å². The number of nitrogens with two attached hydrogens (primary N) is 3. The number of carboxylic acids is 1. The molecule has 1 aliphatic heterocycles. The summed E-state index contributed by atoms with van der Waals surface area (Å²) in [5.41, 5.74) is 19.5. The van der Waals surface area contributed by atoms with Crippen LogP contribution in [0.25, 0.3) is 10.9 Å². The average molecular weight is 718 g/mol. The van der Waals surface area contributed by atoms with E-state index in [0.29, 0.717) is 17.0 Å². The Hall–Kier alpha value is -6.46. The Morgan fingerprint density at radius 3 is 2.31 bits per heavy atom. The lowest BCUT2D eigenvalue weighted by Gasteiger charge is -2.36. The summed E-state index contributed by atoms with van der Waals surface area (Å²) in [6.45, 7) is 0.0458. The zero-order valence-corrected chi connectivity index (χ0v) is 28.0. The van der Waals surface area contributed by atoms with Crippen LogP contribution >= 0.6 is 0 Å². The van der Waals surface area contributed by atoms with E-state index in [2.05, 4.69) is 35.9 Å². The molecule has 0 spiro atoms. The maximum Gasteiger partial charge on any atom is 0.326 e. The van der Waals surface area contributed by atoms with Crippen molar-refractivity contribution in [2.75, 3.05) is 6.54 Å². The maximum atomic E-state index is 14.3. The maximum absolute atomic E-state index is 14.3. The highest BCUT2D eigenvalue weighted by Gasteiger charge is 2.40. The number of halogens is 1. The predicted octanol–water partition coefficient (Wildman–Crippen LogP) is -0.0865. The monoisotopic (exact) mass is 717 g/mol. The molecule has 0 aliphatic carbocycles. The summed E-state index contributed by atoms with van der Waals surface area (Å²) in [5.74, 6) is -4.16. The van der Waals surface area contributed by atoms with Crippen LogP contribution < -0.4 is 33.2 Å². The molecule has 12 N–H and O–H groups in total. The Kier molecular flexibility index (Phi) is 11.7. The molecule has 274 valence electrons. The number of benzene rings is 2. The number of amides is 5. The molecule has 4 aromatic rings. The van der Waals surface area contributed by atoms with Crippen LogP contribution in [0.4, 0.5) is 9.18 Å². The van der Waals surface area contributed by atoms with Gasteiger partial charge in [-0.3, -0.25) is 19.4 Å². The molecule has 2 aromatic heterocycles. The summed E-state index contributed by atoms with van der Waals surface area (Å²) in [6.07, 6.45) is 2.91. The third kappa shape index (κ3) is 9.20. The standard InChI is InChI=1S/C34H40FN11O6/c35-19-9-7-18(8-10-19)12-25(44-30(48)26(45-34(38)52)13-20-15-39-17-41-20)29(47)43-24(6-3-11-40-33(36)37)31(49)46-16-27-22(14-28(46)32(50)51)21-4-1-2-5-23(21)42-27/h1-2,4-5,7-10,15,17,24-26,28,42H,3,6,11-14,16H2,(H,39,41)(H,43,47)(H,44,48)(H,50,51)(H4,36,37,40)(H3,38,45,52)/t24-,25+,26-,28?/m0/s1. The van der Waals surface area contributed by atoms with Crippen molar-refractivity contribution in [1.82, 2.24) is 35.8 Å². The summed E-state index contributed by atoms with van der Waals surface area (Å²) in [4.78, 5) is 81.5. The van der Waals surface area contributed by atoms with Crippen LogP contribution in [0.15, 0.2) is 66.0 Å². The molecule has 52 heavy (non-hydrogen) atoms. The molecule has 3 heterocycles. The number of aromatic nitrogens is 3. The second-order valence-electron chi connectivity index (χ2n) is 12.4. The quantitative estimate of drug-likeness (QED) is 0.0451. The van der Waals surface area contributed by atoms with E-state index in [-0.39, 0.29) is 51.2 Å². The lowest BCUT2D eigenvalue weighted by Crippen LogP contribution is -2.60. The lowest BCUT2D eigenvalue weighted by atomic mass is 9.95. The topological polar surface area (TPSA) is 280 Å². The molecular weight excluding hydrogens is 677 g/mol. The molecule has 0 saturated heterocycles. The number of nitrogens with one attached hydrogen (secondary N) is 5. The van der Waals surface area contributed by atoms with E-state index in [1.807, 2.05) is 24.3 Å². The van der Waals surface area contributed by atoms with Gasteiger partial charge in [0.2, 0.25) is 17.7 Å². The number of hydrogen-bond acceptors (Lipinski definition) is 7. The van der Waals surface area contributed by atoms with Crippen molar-refractivity contribution >= 4 is 46.6 Å². The number of carboxylic acid groups (broad SMARTS) is 1. The third-order valence-electron chi connectivity index (χ3n) is 8.73. The second-order valence-corrected chi connectivity index (χ2v) is 12.4. The van der Waals surface area contributed by atoms with Gasteiger partial charge in [0.05, 0.1) is 12.9 Å². The van der Waals surface area contributed by atoms with E-state index < -0.39 is 59.7 Å². The van der Waals surface area contributed by atoms with E-state index in [0.717, 1.165) is 16.5 Å². The van der Waals surface area contributed by atoms with Gasteiger partial charge in [-0.1, -0.05) is 30.3 Å². The van der Waals surface area contributed by atoms with Crippen LogP contribution in [0.1, 0.15) is 35.4 Å². The first kappa shape index (κ1) is 36.8. The Morgan fingerprint density at radius 1 is 0.962 bits per heavy atom. The fraction of sp³-hybridized carbons (Fsp3) is 0.324. The van der Waals surface area contributed by atoms with E-state index in [9.17, 15) is 33.5 Å². The Labute approximate surface area is 296 Å². The minimum atomic E-state index is -1.35. The van der Waals surface area contributed by atoms with Crippen molar-refractivity contribution < 1.29 is 33.5 Å². The molecule has 0 bridgehead atoms. The molecule has 4 atom stereocenters. The van der Waals surface area contributed by atoms with Gasteiger partial charge < -0.3 is 53.1 Å². The van der Waals surface area contributed by atoms with Gasteiger partial charge in [-0.2, -0.15) is 0 Å². The molecule has 17 nitrogen and oxygen atoms in total. The minimum Gasteiger partial charge on any atom is -0.480 e. The summed E-state index contributed by atoms with van der Waals surface area (Å²) in [5, 5.41) is 18.8. The smallest absolute Gasteiger partial charge is 0.326 e. The molecule has 0 radical (unpaired) electrons. The SMILES string of the molecule is NC(=O)N[C@@H](Cc1cnc[nH]1)C(=O)N[C@H](Cc1ccc(F)cc1)C(=O)N[C@@H](CCCN=C(N)N)C(=O)N1Cc2[nH]c3ccccc3c2CC1C(=O)O. The largest absolute Gasteiger partial charge is 0.480 e. The van der Waals surface area contributed by atoms with Gasteiger partial charge in [0.15, 0.2) is 5.96 Å². The van der Waals surface area contributed by atoms with Crippen molar-refractivity contribution in [3.05, 3.63) is 89.4 Å². The van der Waals surface area contributed by atoms with Gasteiger partial charge in [-0.15, -0.1) is 0 Å². The highest BCUT2D eigenvalue weighted by atomic mass is 19.1. The highest BCUT2D eigenvalue weighted by Crippen LogP contribution is 2.31. The first-order chi connectivity index (χ1) is 24.9.